The topological polar surface area (TPSA) is 74.8 Å². The third-order valence-electron chi connectivity index (χ3n) is 2.19. The maximum Gasteiger partial charge on any atom is 0.271 e. The Morgan fingerprint density at radius 2 is 2.35 bits per heavy atom. The quantitative estimate of drug-likeness (QED) is 0.745. The number of aromatic amines is 1. The van der Waals surface area contributed by atoms with Crippen molar-refractivity contribution in [2.45, 2.75) is 26.3 Å². The summed E-state index contributed by atoms with van der Waals surface area (Å²) in [6, 6.07) is 2.82. The van der Waals surface area contributed by atoms with E-state index >= 15 is 0 Å². The molecule has 1 aromatic rings. The first-order valence-electron chi connectivity index (χ1n) is 5.57. The van der Waals surface area contributed by atoms with E-state index in [2.05, 4.69) is 22.4 Å². The fraction of sp³-hybridized carbons (Fsp3) is 0.545. The predicted octanol–water partition coefficient (Wildman–Crippen LogP) is 1.03. The molecule has 5 nitrogen and oxygen atoms in total. The van der Waals surface area contributed by atoms with Crippen LogP contribution in [0.3, 0.4) is 0 Å². The number of carbonyl (C=O) groups is 1. The number of nitrogens with zero attached hydrogens (tertiary/aromatic N) is 1. The zero-order valence-electron chi connectivity index (χ0n) is 10.0. The van der Waals surface area contributed by atoms with Gasteiger partial charge in [-0.15, -0.1) is 0 Å². The van der Waals surface area contributed by atoms with Crippen LogP contribution in [0.15, 0.2) is 16.9 Å². The van der Waals surface area contributed by atoms with Crippen LogP contribution in [-0.2, 0) is 0 Å². The SMILES string of the molecule is CCSCCC(C)NC(=O)c1ccc(=O)[nH]n1. The molecule has 6 heteroatoms. The number of hydrogen-bond donors (Lipinski definition) is 2. The molecule has 0 aromatic carbocycles. The second kappa shape index (κ2) is 7.11. The van der Waals surface area contributed by atoms with Gasteiger partial charge in [0.25, 0.3) is 11.5 Å². The second-order valence-electron chi connectivity index (χ2n) is 3.67. The molecule has 1 unspecified atom stereocenters. The van der Waals surface area contributed by atoms with Crippen molar-refractivity contribution in [2.24, 2.45) is 0 Å². The first kappa shape index (κ1) is 13.8. The van der Waals surface area contributed by atoms with E-state index in [4.69, 9.17) is 0 Å². The van der Waals surface area contributed by atoms with Gasteiger partial charge in [0.2, 0.25) is 0 Å². The lowest BCUT2D eigenvalue weighted by Gasteiger charge is -2.12. The van der Waals surface area contributed by atoms with Crippen LogP contribution in [0.25, 0.3) is 0 Å². The monoisotopic (exact) mass is 255 g/mol. The summed E-state index contributed by atoms with van der Waals surface area (Å²) in [6.45, 7) is 4.07. The van der Waals surface area contributed by atoms with Crippen molar-refractivity contribution in [1.29, 1.82) is 0 Å². The van der Waals surface area contributed by atoms with Gasteiger partial charge in [-0.05, 0) is 30.9 Å². The Kier molecular flexibility index (Phi) is 5.76. The second-order valence-corrected chi connectivity index (χ2v) is 5.06. The van der Waals surface area contributed by atoms with Gasteiger partial charge in [0, 0.05) is 12.1 Å². The van der Waals surface area contributed by atoms with Crippen LogP contribution in [-0.4, -0.2) is 33.7 Å². The third kappa shape index (κ3) is 5.04. The van der Waals surface area contributed by atoms with Gasteiger partial charge in [0.05, 0.1) is 0 Å². The number of hydrogen-bond acceptors (Lipinski definition) is 4. The van der Waals surface area contributed by atoms with Gasteiger partial charge < -0.3 is 5.32 Å². The molecule has 1 heterocycles. The highest BCUT2D eigenvalue weighted by atomic mass is 32.2. The van der Waals surface area contributed by atoms with Gasteiger partial charge in [-0.1, -0.05) is 6.92 Å². The predicted molar refractivity (Wildman–Crippen MR) is 69.4 cm³/mol. The Labute approximate surface area is 104 Å². The molecule has 0 fully saturated rings. The molecule has 2 N–H and O–H groups in total. The van der Waals surface area contributed by atoms with Crippen molar-refractivity contribution in [3.8, 4) is 0 Å². The van der Waals surface area contributed by atoms with Crippen molar-refractivity contribution in [3.05, 3.63) is 28.2 Å². The van der Waals surface area contributed by atoms with Crippen LogP contribution >= 0.6 is 11.8 Å². The molecule has 0 saturated carbocycles. The minimum absolute atomic E-state index is 0.107. The van der Waals surface area contributed by atoms with Gasteiger partial charge >= 0.3 is 0 Å². The Bertz CT molecular complexity index is 399. The maximum atomic E-state index is 11.7. The molecule has 0 aliphatic rings. The van der Waals surface area contributed by atoms with Crippen molar-refractivity contribution in [3.63, 3.8) is 0 Å². The van der Waals surface area contributed by atoms with Gasteiger partial charge in [-0.25, -0.2) is 5.10 Å². The molecule has 0 bridgehead atoms. The Hall–Kier alpha value is -1.30. The first-order valence-corrected chi connectivity index (χ1v) is 6.73. The van der Waals surface area contributed by atoms with Gasteiger partial charge in [-0.3, -0.25) is 9.59 Å². The summed E-state index contributed by atoms with van der Waals surface area (Å²) in [6.07, 6.45) is 0.924. The van der Waals surface area contributed by atoms with Crippen molar-refractivity contribution < 1.29 is 4.79 Å². The average molecular weight is 255 g/mol. The fourth-order valence-electron chi connectivity index (χ4n) is 1.25. The van der Waals surface area contributed by atoms with E-state index in [0.717, 1.165) is 17.9 Å². The zero-order valence-corrected chi connectivity index (χ0v) is 10.8. The van der Waals surface area contributed by atoms with Gasteiger partial charge in [-0.2, -0.15) is 16.9 Å². The number of nitrogens with one attached hydrogen (secondary N) is 2. The standard InChI is InChI=1S/C11H17N3O2S/c1-3-17-7-6-8(2)12-11(16)9-4-5-10(15)14-13-9/h4-5,8H,3,6-7H2,1-2H3,(H,12,16)(H,14,15). The number of H-pyrrole nitrogens is 1. The molecule has 1 amide bonds. The number of amides is 1. The van der Waals surface area contributed by atoms with Crippen molar-refractivity contribution in [1.82, 2.24) is 15.5 Å². The van der Waals surface area contributed by atoms with Crippen LogP contribution in [0.1, 0.15) is 30.8 Å². The molecule has 0 saturated heterocycles. The number of aromatic nitrogens is 2. The van der Waals surface area contributed by atoms with E-state index in [1.807, 2.05) is 18.7 Å². The summed E-state index contributed by atoms with van der Waals surface area (Å²) in [7, 11) is 0. The summed E-state index contributed by atoms with van der Waals surface area (Å²) in [4.78, 5) is 22.5. The zero-order chi connectivity index (χ0) is 12.7. The van der Waals surface area contributed by atoms with Crippen LogP contribution < -0.4 is 10.9 Å². The smallest absolute Gasteiger partial charge is 0.271 e. The molecule has 0 aliphatic heterocycles. The van der Waals surface area contributed by atoms with Crippen LogP contribution in [0.5, 0.6) is 0 Å². The Morgan fingerprint density at radius 3 is 2.94 bits per heavy atom. The summed E-state index contributed by atoms with van der Waals surface area (Å²) in [5, 5.41) is 8.75. The number of carbonyl (C=O) groups excluding carboxylic acids is 1. The summed E-state index contributed by atoms with van der Waals surface area (Å²) < 4.78 is 0. The number of rotatable bonds is 6. The lowest BCUT2D eigenvalue weighted by atomic mass is 10.2. The Balaban J connectivity index is 2.43. The first-order chi connectivity index (χ1) is 8.13. The highest BCUT2D eigenvalue weighted by Crippen LogP contribution is 2.04. The third-order valence-corrected chi connectivity index (χ3v) is 3.12. The van der Waals surface area contributed by atoms with E-state index in [1.165, 1.54) is 12.1 Å². The minimum Gasteiger partial charge on any atom is -0.348 e. The largest absolute Gasteiger partial charge is 0.348 e. The Morgan fingerprint density at radius 1 is 1.59 bits per heavy atom. The van der Waals surface area contributed by atoms with Crippen LogP contribution in [0.2, 0.25) is 0 Å². The normalized spacial score (nSPS) is 12.1. The highest BCUT2D eigenvalue weighted by Gasteiger charge is 2.10. The molecule has 0 radical (unpaired) electrons. The van der Waals surface area contributed by atoms with E-state index in [-0.39, 0.29) is 23.2 Å². The molecule has 1 rings (SSSR count). The highest BCUT2D eigenvalue weighted by molar-refractivity contribution is 7.99. The summed E-state index contributed by atoms with van der Waals surface area (Å²) >= 11 is 1.85. The molecule has 0 aliphatic carbocycles. The fourth-order valence-corrected chi connectivity index (χ4v) is 2.05. The minimum atomic E-state index is -0.311. The average Bonchev–Trinajstić information content (AvgIpc) is 2.30. The lowest BCUT2D eigenvalue weighted by Crippen LogP contribution is -2.34. The van der Waals surface area contributed by atoms with E-state index < -0.39 is 0 Å². The van der Waals surface area contributed by atoms with E-state index in [9.17, 15) is 9.59 Å². The van der Waals surface area contributed by atoms with Crippen LogP contribution in [0.4, 0.5) is 0 Å². The van der Waals surface area contributed by atoms with Crippen molar-refractivity contribution in [2.75, 3.05) is 11.5 Å². The molecule has 1 atom stereocenters. The van der Waals surface area contributed by atoms with Crippen LogP contribution in [0, 0.1) is 0 Å². The molecular weight excluding hydrogens is 238 g/mol. The molecular formula is C11H17N3O2S. The van der Waals surface area contributed by atoms with Gasteiger partial charge in [0.1, 0.15) is 5.69 Å². The van der Waals surface area contributed by atoms with E-state index in [1.54, 1.807) is 0 Å². The summed E-state index contributed by atoms with van der Waals surface area (Å²) in [5.74, 6) is 1.86. The van der Waals surface area contributed by atoms with Crippen molar-refractivity contribution >= 4 is 17.7 Å². The van der Waals surface area contributed by atoms with E-state index in [0.29, 0.717) is 0 Å². The molecule has 94 valence electrons. The molecule has 0 spiro atoms. The number of thioether (sulfide) groups is 1. The summed E-state index contributed by atoms with van der Waals surface area (Å²) in [5.41, 5.74) is -0.0754. The molecule has 1 aromatic heterocycles. The lowest BCUT2D eigenvalue weighted by molar-refractivity contribution is 0.0933. The van der Waals surface area contributed by atoms with Gasteiger partial charge in [0.15, 0.2) is 0 Å². The molecule has 17 heavy (non-hydrogen) atoms. The maximum absolute atomic E-state index is 11.7.